The highest BCUT2D eigenvalue weighted by Gasteiger charge is 2.34. The molecule has 0 bridgehead atoms. The van der Waals surface area contributed by atoms with Crippen molar-refractivity contribution in [3.8, 4) is 20.9 Å². The van der Waals surface area contributed by atoms with Gasteiger partial charge in [0.15, 0.2) is 0 Å². The van der Waals surface area contributed by atoms with E-state index < -0.39 is 71.6 Å². The van der Waals surface area contributed by atoms with E-state index >= 15 is 0 Å². The van der Waals surface area contributed by atoms with Gasteiger partial charge < -0.3 is 34.7 Å². The molecule has 0 aliphatic heterocycles. The van der Waals surface area contributed by atoms with Gasteiger partial charge in [0.25, 0.3) is 0 Å². The molecule has 0 fully saturated rings. The van der Waals surface area contributed by atoms with Gasteiger partial charge in [-0.3, -0.25) is 9.80 Å². The van der Waals surface area contributed by atoms with Crippen molar-refractivity contribution in [1.82, 2.24) is 9.80 Å². The van der Waals surface area contributed by atoms with Gasteiger partial charge in [-0.2, -0.15) is 0 Å². The standard InChI is InChI=1S/C50H50F4N6O9S2/c1-7-23-68-49(65)58(27-33-37(51)11-9-12-38(33)52)45-41(47(61)62)35(25-56(3)4)43(70-45)29-15-19-31(20-16-29)55-60(67)32-21-17-30(18-22-32)44-36(26-57(5)6)42(48(63)64)46(71-44)59(50(66)69-24-8-2)28-34-39(53)13-10-14-40(34)54/h9-22H,7-8,23-28H2,1-6H3,(H,61,62)(H,63,64). The Bertz CT molecular complexity index is 2900. The van der Waals surface area contributed by atoms with Gasteiger partial charge in [-0.25, -0.2) is 36.7 Å². The molecule has 0 radical (unpaired) electrons. The Hall–Kier alpha value is -7.20. The Morgan fingerprint density at radius 3 is 1.28 bits per heavy atom. The Labute approximate surface area is 414 Å². The first-order valence-corrected chi connectivity index (χ1v) is 23.7. The summed E-state index contributed by atoms with van der Waals surface area (Å²) in [5.41, 5.74) is 0.366. The molecule has 2 aromatic heterocycles. The average Bonchev–Trinajstić information content (AvgIpc) is 3.88. The number of amides is 2. The molecule has 0 saturated heterocycles. The summed E-state index contributed by atoms with van der Waals surface area (Å²) < 4.78 is 70.6. The fraction of sp³-hybridized carbons (Fsp3) is 0.280. The van der Waals surface area contributed by atoms with Crippen molar-refractivity contribution in [3.63, 3.8) is 0 Å². The van der Waals surface area contributed by atoms with Crippen molar-refractivity contribution in [2.75, 3.05) is 51.2 Å². The van der Waals surface area contributed by atoms with Crippen LogP contribution in [0.3, 0.4) is 0 Å². The number of anilines is 2. The van der Waals surface area contributed by atoms with Gasteiger partial charge in [0, 0.05) is 62.3 Å². The number of aromatic carboxylic acids is 2. The third-order valence-corrected chi connectivity index (χ3v) is 13.2. The number of hydrogen-bond donors (Lipinski definition) is 2. The third kappa shape index (κ3) is 12.4. The molecule has 2 amide bonds. The van der Waals surface area contributed by atoms with Gasteiger partial charge in [-0.1, -0.05) is 43.0 Å². The number of ether oxygens (including phenoxy) is 2. The molecule has 0 spiro atoms. The minimum atomic E-state index is -1.39. The number of carboxylic acids is 2. The first-order valence-electron chi connectivity index (χ1n) is 22.1. The number of benzene rings is 4. The van der Waals surface area contributed by atoms with E-state index in [1.54, 1.807) is 76.1 Å². The van der Waals surface area contributed by atoms with Crippen LogP contribution in [0, 0.1) is 28.5 Å². The maximum atomic E-state index is 15.0. The molecule has 71 heavy (non-hydrogen) atoms. The number of halogens is 4. The summed E-state index contributed by atoms with van der Waals surface area (Å²) >= 11 is 1.83. The molecule has 0 aliphatic carbocycles. The molecule has 6 rings (SSSR count). The predicted molar refractivity (Wildman–Crippen MR) is 262 cm³/mol. The Kier molecular flexibility index (Phi) is 17.7. The Morgan fingerprint density at radius 2 is 0.944 bits per heavy atom. The van der Waals surface area contributed by atoms with Crippen LogP contribution >= 0.6 is 22.7 Å². The second-order valence-electron chi connectivity index (χ2n) is 16.5. The fourth-order valence-electron chi connectivity index (χ4n) is 7.36. The maximum absolute atomic E-state index is 15.0. The van der Waals surface area contributed by atoms with Crippen LogP contribution < -0.4 is 9.80 Å². The molecular formula is C50H50F4N6O9S2. The Balaban J connectivity index is 1.36. The van der Waals surface area contributed by atoms with Crippen LogP contribution in [0.25, 0.3) is 20.9 Å². The van der Waals surface area contributed by atoms with Gasteiger partial charge >= 0.3 is 24.1 Å². The van der Waals surface area contributed by atoms with E-state index in [-0.39, 0.29) is 58.8 Å². The zero-order chi connectivity index (χ0) is 51.7. The number of carbonyl (C=O) groups excluding carboxylic acids is 2. The lowest BCUT2D eigenvalue weighted by molar-refractivity contribution is -0.435. The molecule has 0 atom stereocenters. The molecule has 21 heteroatoms. The number of nitrogens with zero attached hydrogens (tertiary/aromatic N) is 6. The minimum absolute atomic E-state index is 0.0336. The number of rotatable bonds is 20. The van der Waals surface area contributed by atoms with Gasteiger partial charge in [-0.15, -0.1) is 22.7 Å². The first-order chi connectivity index (χ1) is 33.8. The lowest BCUT2D eigenvalue weighted by Gasteiger charge is -2.22. The molecule has 2 heterocycles. The van der Waals surface area contributed by atoms with E-state index in [1.165, 1.54) is 36.4 Å². The van der Waals surface area contributed by atoms with Crippen LogP contribution in [-0.2, 0) is 35.7 Å². The van der Waals surface area contributed by atoms with Crippen LogP contribution in [-0.4, -0.2) is 90.4 Å². The second kappa shape index (κ2) is 23.6. The molecule has 2 N–H and O–H groups in total. The van der Waals surface area contributed by atoms with Crippen LogP contribution in [0.15, 0.2) is 90.0 Å². The zero-order valence-electron chi connectivity index (χ0n) is 39.5. The summed E-state index contributed by atoms with van der Waals surface area (Å²) in [7, 11) is 6.88. The van der Waals surface area contributed by atoms with Crippen LogP contribution in [0.5, 0.6) is 0 Å². The fourth-order valence-corrected chi connectivity index (χ4v) is 9.96. The summed E-state index contributed by atoms with van der Waals surface area (Å²) in [5, 5.41) is 38.7. The molecule has 6 aromatic rings. The van der Waals surface area contributed by atoms with Crippen molar-refractivity contribution in [2.45, 2.75) is 52.9 Å². The summed E-state index contributed by atoms with van der Waals surface area (Å²) in [6, 6.07) is 18.8. The van der Waals surface area contributed by atoms with Gasteiger partial charge in [0.2, 0.25) is 5.69 Å². The highest BCUT2D eigenvalue weighted by molar-refractivity contribution is 7.20. The summed E-state index contributed by atoms with van der Waals surface area (Å²) in [6.07, 6.45) is -1.14. The van der Waals surface area contributed by atoms with Gasteiger partial charge in [0.1, 0.15) is 39.0 Å². The largest absolute Gasteiger partial charge is 0.594 e. The van der Waals surface area contributed by atoms with E-state index in [9.17, 15) is 52.2 Å². The van der Waals surface area contributed by atoms with E-state index in [1.807, 2.05) is 0 Å². The monoisotopic (exact) mass is 1020 g/mol. The third-order valence-electron chi connectivity index (χ3n) is 10.6. The number of carboxylic acid groups (broad SMARTS) is 2. The molecule has 0 saturated carbocycles. The number of carbonyl (C=O) groups is 4. The quantitative estimate of drug-likeness (QED) is 0.0322. The zero-order valence-corrected chi connectivity index (χ0v) is 41.1. The van der Waals surface area contributed by atoms with E-state index in [4.69, 9.17) is 9.47 Å². The highest BCUT2D eigenvalue weighted by atomic mass is 32.1. The number of thiophene rings is 2. The lowest BCUT2D eigenvalue weighted by atomic mass is 10.0. The molecule has 15 nitrogen and oxygen atoms in total. The molecular weight excluding hydrogens is 969 g/mol. The van der Waals surface area contributed by atoms with E-state index in [2.05, 4.69) is 5.11 Å². The van der Waals surface area contributed by atoms with E-state index in [0.29, 0.717) is 49.7 Å². The molecule has 0 aliphatic rings. The topological polar surface area (TPSA) is 179 Å². The van der Waals surface area contributed by atoms with Crippen molar-refractivity contribution < 1.29 is 61.3 Å². The first kappa shape index (κ1) is 53.2. The highest BCUT2D eigenvalue weighted by Crippen LogP contribution is 2.46. The molecule has 374 valence electrons. The number of hydrogen-bond acceptors (Lipinski definition) is 12. The number of azo groups is 1. The smallest absolute Gasteiger partial charge is 0.415 e. The van der Waals surface area contributed by atoms with E-state index in [0.717, 1.165) is 56.7 Å². The van der Waals surface area contributed by atoms with Crippen molar-refractivity contribution in [3.05, 3.63) is 147 Å². The predicted octanol–water partition coefficient (Wildman–Crippen LogP) is 12.3. The second-order valence-corrected chi connectivity index (χ2v) is 18.5. The molecule has 0 unspecified atom stereocenters. The summed E-state index contributed by atoms with van der Waals surface area (Å²) in [4.78, 5) is 59.6. The average molecular weight is 1020 g/mol. The van der Waals surface area contributed by atoms with Crippen molar-refractivity contribution >= 4 is 68.2 Å². The van der Waals surface area contributed by atoms with Gasteiger partial charge in [0.05, 0.1) is 37.4 Å². The molecule has 4 aromatic carbocycles. The minimum Gasteiger partial charge on any atom is -0.594 e. The van der Waals surface area contributed by atoms with Crippen LogP contribution in [0.2, 0.25) is 0 Å². The lowest BCUT2D eigenvalue weighted by Crippen LogP contribution is -2.32. The van der Waals surface area contributed by atoms with Crippen LogP contribution in [0.1, 0.15) is 69.7 Å². The van der Waals surface area contributed by atoms with Gasteiger partial charge in [-0.05, 0) is 101 Å². The summed E-state index contributed by atoms with van der Waals surface area (Å²) in [5.74, 6) is -6.52. The normalized spacial score (nSPS) is 11.6. The Morgan fingerprint density at radius 1 is 0.577 bits per heavy atom. The SMILES string of the molecule is CCCOC(=O)N(Cc1c(F)cccc1F)c1sc(-c2ccc(N=[N+]([O-])c3ccc(-c4sc(N(Cc5c(F)cccc5F)C(=O)OCCC)c(C(=O)O)c4CN(C)C)cc3)cc2)c(CN(C)C)c1C(=O)O. The van der Waals surface area contributed by atoms with Crippen molar-refractivity contribution in [2.24, 2.45) is 5.11 Å². The summed E-state index contributed by atoms with van der Waals surface area (Å²) in [6.45, 7) is 2.28. The maximum Gasteiger partial charge on any atom is 0.415 e. The van der Waals surface area contributed by atoms with Crippen LogP contribution in [0.4, 0.5) is 48.5 Å². The van der Waals surface area contributed by atoms with Crippen molar-refractivity contribution in [1.29, 1.82) is 0 Å².